The average Bonchev–Trinajstić information content (AvgIpc) is 2.82. The van der Waals surface area contributed by atoms with Gasteiger partial charge < -0.3 is 14.8 Å². The fraction of sp³-hybridized carbons (Fsp3) is 0.500. The molecule has 0 saturated carbocycles. The van der Waals surface area contributed by atoms with Crippen LogP contribution in [0.1, 0.15) is 25.3 Å². The van der Waals surface area contributed by atoms with Crippen molar-refractivity contribution in [2.75, 3.05) is 38.1 Å². The fourth-order valence-corrected chi connectivity index (χ4v) is 2.89. The van der Waals surface area contributed by atoms with Crippen LogP contribution in [0.3, 0.4) is 0 Å². The Balaban J connectivity index is 1.95. The quantitative estimate of drug-likeness (QED) is 0.893. The Bertz CT molecular complexity index is 562. The molecule has 0 aliphatic carbocycles. The Labute approximate surface area is 115 Å². The zero-order valence-corrected chi connectivity index (χ0v) is 12.1. The van der Waals surface area contributed by atoms with Crippen LogP contribution in [0.5, 0.6) is 0 Å². The van der Waals surface area contributed by atoms with Crippen molar-refractivity contribution in [3.05, 3.63) is 29.8 Å². The standard InChI is InChI=1S/C16H23N3/c1-12(2)13-5-4-6-15-14(13)11-16(17-15)19-9-7-18(3)8-10-19/h4-6,11-12,17H,7-10H2,1-3H3. The Morgan fingerprint density at radius 3 is 2.53 bits per heavy atom. The molecule has 1 aromatic carbocycles. The first-order valence-corrected chi connectivity index (χ1v) is 7.20. The van der Waals surface area contributed by atoms with Gasteiger partial charge in [-0.2, -0.15) is 0 Å². The Kier molecular flexibility index (Phi) is 3.23. The molecule has 0 atom stereocenters. The Morgan fingerprint density at radius 2 is 1.84 bits per heavy atom. The number of H-pyrrole nitrogens is 1. The van der Waals surface area contributed by atoms with Crippen LogP contribution in [-0.2, 0) is 0 Å². The van der Waals surface area contributed by atoms with Gasteiger partial charge in [-0.3, -0.25) is 0 Å². The molecule has 0 spiro atoms. The summed E-state index contributed by atoms with van der Waals surface area (Å²) in [6.45, 7) is 9.04. The maximum absolute atomic E-state index is 3.58. The zero-order chi connectivity index (χ0) is 13.4. The van der Waals surface area contributed by atoms with Crippen LogP contribution in [0.25, 0.3) is 10.9 Å². The van der Waals surface area contributed by atoms with E-state index in [0.29, 0.717) is 5.92 Å². The van der Waals surface area contributed by atoms with E-state index in [-0.39, 0.29) is 0 Å². The van der Waals surface area contributed by atoms with Gasteiger partial charge in [0.05, 0.1) is 0 Å². The highest BCUT2D eigenvalue weighted by atomic mass is 15.3. The van der Waals surface area contributed by atoms with Crippen molar-refractivity contribution < 1.29 is 0 Å². The fourth-order valence-electron chi connectivity index (χ4n) is 2.89. The van der Waals surface area contributed by atoms with Crippen LogP contribution in [-0.4, -0.2) is 43.1 Å². The van der Waals surface area contributed by atoms with Crippen molar-refractivity contribution in [1.82, 2.24) is 9.88 Å². The highest BCUT2D eigenvalue weighted by molar-refractivity contribution is 5.87. The molecule has 2 aromatic rings. The molecule has 3 nitrogen and oxygen atoms in total. The number of likely N-dealkylation sites (N-methyl/N-ethyl adjacent to an activating group) is 1. The number of aromatic amines is 1. The zero-order valence-electron chi connectivity index (χ0n) is 12.1. The third kappa shape index (κ3) is 2.35. The lowest BCUT2D eigenvalue weighted by atomic mass is 9.99. The van der Waals surface area contributed by atoms with E-state index >= 15 is 0 Å². The first-order chi connectivity index (χ1) is 9.15. The second-order valence-electron chi connectivity index (χ2n) is 5.91. The number of anilines is 1. The van der Waals surface area contributed by atoms with Gasteiger partial charge in [0.25, 0.3) is 0 Å². The number of hydrogen-bond donors (Lipinski definition) is 1. The summed E-state index contributed by atoms with van der Waals surface area (Å²) in [7, 11) is 2.19. The van der Waals surface area contributed by atoms with Crippen molar-refractivity contribution in [3.63, 3.8) is 0 Å². The Morgan fingerprint density at radius 1 is 1.11 bits per heavy atom. The third-order valence-corrected chi connectivity index (χ3v) is 4.15. The summed E-state index contributed by atoms with van der Waals surface area (Å²) in [4.78, 5) is 8.43. The molecule has 2 heterocycles. The van der Waals surface area contributed by atoms with Gasteiger partial charge in [-0.25, -0.2) is 0 Å². The van der Waals surface area contributed by atoms with E-state index in [0.717, 1.165) is 26.2 Å². The lowest BCUT2D eigenvalue weighted by Crippen LogP contribution is -2.44. The molecule has 0 bridgehead atoms. The molecule has 1 aliphatic rings. The van der Waals surface area contributed by atoms with E-state index in [1.807, 2.05) is 0 Å². The minimum Gasteiger partial charge on any atom is -0.356 e. The van der Waals surface area contributed by atoms with Crippen LogP contribution in [0, 0.1) is 0 Å². The summed E-state index contributed by atoms with van der Waals surface area (Å²) < 4.78 is 0. The lowest BCUT2D eigenvalue weighted by Gasteiger charge is -2.33. The lowest BCUT2D eigenvalue weighted by molar-refractivity contribution is 0.312. The topological polar surface area (TPSA) is 22.3 Å². The number of fused-ring (bicyclic) bond motifs is 1. The van der Waals surface area contributed by atoms with Crippen LogP contribution < -0.4 is 4.90 Å². The molecule has 0 amide bonds. The first kappa shape index (κ1) is 12.5. The maximum atomic E-state index is 3.58. The molecule has 19 heavy (non-hydrogen) atoms. The number of hydrogen-bond acceptors (Lipinski definition) is 2. The minimum absolute atomic E-state index is 0.569. The molecule has 1 aliphatic heterocycles. The monoisotopic (exact) mass is 257 g/mol. The second kappa shape index (κ2) is 4.89. The summed E-state index contributed by atoms with van der Waals surface area (Å²) in [5.74, 6) is 1.84. The predicted molar refractivity (Wildman–Crippen MR) is 82.1 cm³/mol. The minimum atomic E-state index is 0.569. The van der Waals surface area contributed by atoms with Gasteiger partial charge in [-0.1, -0.05) is 26.0 Å². The second-order valence-corrected chi connectivity index (χ2v) is 5.91. The predicted octanol–water partition coefficient (Wildman–Crippen LogP) is 3.04. The Hall–Kier alpha value is -1.48. The van der Waals surface area contributed by atoms with Crippen LogP contribution >= 0.6 is 0 Å². The van der Waals surface area contributed by atoms with Crippen molar-refractivity contribution >= 4 is 16.7 Å². The van der Waals surface area contributed by atoms with Gasteiger partial charge in [-0.15, -0.1) is 0 Å². The van der Waals surface area contributed by atoms with Gasteiger partial charge >= 0.3 is 0 Å². The van der Waals surface area contributed by atoms with Gasteiger partial charge in [0.15, 0.2) is 0 Å². The molecular weight excluding hydrogens is 234 g/mol. The highest BCUT2D eigenvalue weighted by Crippen LogP contribution is 2.29. The first-order valence-electron chi connectivity index (χ1n) is 7.20. The normalized spacial score (nSPS) is 17.6. The summed E-state index contributed by atoms with van der Waals surface area (Å²) >= 11 is 0. The number of nitrogens with zero attached hydrogens (tertiary/aromatic N) is 2. The van der Waals surface area contributed by atoms with Crippen molar-refractivity contribution in [1.29, 1.82) is 0 Å². The van der Waals surface area contributed by atoms with E-state index in [2.05, 4.69) is 59.9 Å². The SMILES string of the molecule is CC(C)c1cccc2[nH]c(N3CCN(C)CC3)cc12. The molecule has 102 valence electrons. The van der Waals surface area contributed by atoms with Crippen LogP contribution in [0.4, 0.5) is 5.82 Å². The van der Waals surface area contributed by atoms with Crippen molar-refractivity contribution in [2.24, 2.45) is 0 Å². The molecule has 1 saturated heterocycles. The molecule has 1 N–H and O–H groups in total. The maximum Gasteiger partial charge on any atom is 0.107 e. The summed E-state index contributed by atoms with van der Waals surface area (Å²) in [5, 5.41) is 1.38. The van der Waals surface area contributed by atoms with E-state index in [1.165, 1.54) is 22.3 Å². The van der Waals surface area contributed by atoms with Gasteiger partial charge in [-0.05, 0) is 30.7 Å². The van der Waals surface area contributed by atoms with E-state index in [9.17, 15) is 0 Å². The third-order valence-electron chi connectivity index (χ3n) is 4.15. The molecule has 3 heteroatoms. The van der Waals surface area contributed by atoms with E-state index in [4.69, 9.17) is 0 Å². The van der Waals surface area contributed by atoms with Gasteiger partial charge in [0, 0.05) is 37.1 Å². The smallest absolute Gasteiger partial charge is 0.107 e. The number of rotatable bonds is 2. The molecule has 0 unspecified atom stereocenters. The number of piperazine rings is 1. The molecule has 1 fully saturated rings. The summed E-state index contributed by atoms with van der Waals surface area (Å²) in [6, 6.07) is 8.91. The van der Waals surface area contributed by atoms with Gasteiger partial charge in [0.2, 0.25) is 0 Å². The largest absolute Gasteiger partial charge is 0.356 e. The van der Waals surface area contributed by atoms with Crippen molar-refractivity contribution in [3.8, 4) is 0 Å². The van der Waals surface area contributed by atoms with Crippen LogP contribution in [0.15, 0.2) is 24.3 Å². The molecule has 0 radical (unpaired) electrons. The number of aromatic nitrogens is 1. The molecule has 3 rings (SSSR count). The van der Waals surface area contributed by atoms with Crippen molar-refractivity contribution in [2.45, 2.75) is 19.8 Å². The van der Waals surface area contributed by atoms with Gasteiger partial charge in [0.1, 0.15) is 5.82 Å². The van der Waals surface area contributed by atoms with E-state index < -0.39 is 0 Å². The van der Waals surface area contributed by atoms with Crippen LogP contribution in [0.2, 0.25) is 0 Å². The summed E-state index contributed by atoms with van der Waals surface area (Å²) in [6.07, 6.45) is 0. The number of benzene rings is 1. The number of nitrogens with one attached hydrogen (secondary N) is 1. The molecule has 1 aromatic heterocycles. The average molecular weight is 257 g/mol. The highest BCUT2D eigenvalue weighted by Gasteiger charge is 2.17. The van der Waals surface area contributed by atoms with E-state index in [1.54, 1.807) is 0 Å². The molecular formula is C16H23N3. The summed E-state index contributed by atoms with van der Waals surface area (Å²) in [5.41, 5.74) is 2.70.